The van der Waals surface area contributed by atoms with Gasteiger partial charge in [-0.25, -0.2) is 8.42 Å². The van der Waals surface area contributed by atoms with Crippen LogP contribution in [0.5, 0.6) is 0 Å². The van der Waals surface area contributed by atoms with Gasteiger partial charge in [-0.05, 0) is 44.6 Å². The van der Waals surface area contributed by atoms with Crippen molar-refractivity contribution in [2.75, 3.05) is 26.7 Å². The van der Waals surface area contributed by atoms with Crippen molar-refractivity contribution >= 4 is 10.0 Å². The second kappa shape index (κ2) is 6.56. The molecule has 0 bridgehead atoms. The van der Waals surface area contributed by atoms with Gasteiger partial charge >= 0.3 is 0 Å². The number of benzene rings is 1. The molecule has 1 aliphatic heterocycles. The lowest BCUT2D eigenvalue weighted by atomic mass is 10.2. The highest BCUT2D eigenvalue weighted by Gasteiger charge is 2.29. The average molecular weight is 307 g/mol. The van der Waals surface area contributed by atoms with Crippen molar-refractivity contribution in [2.45, 2.75) is 25.1 Å². The molecule has 0 amide bonds. The van der Waals surface area contributed by atoms with Crippen molar-refractivity contribution in [3.63, 3.8) is 0 Å². The minimum Gasteiger partial charge on any atom is -0.305 e. The molecule has 0 saturated carbocycles. The molecule has 1 aliphatic rings. The zero-order valence-electron chi connectivity index (χ0n) is 12.5. The third kappa shape index (κ3) is 4.03. The maximum atomic E-state index is 12.6. The fraction of sp³-hybridized carbons (Fsp3) is 0.533. The Morgan fingerprint density at radius 3 is 2.57 bits per heavy atom. The zero-order chi connectivity index (χ0) is 15.5. The fourth-order valence-electron chi connectivity index (χ4n) is 2.73. The molecule has 0 spiro atoms. The third-order valence-corrected chi connectivity index (χ3v) is 5.73. The Labute approximate surface area is 126 Å². The third-order valence-electron chi connectivity index (χ3n) is 3.78. The Bertz CT molecular complexity index is 619. The van der Waals surface area contributed by atoms with Gasteiger partial charge in [-0.15, -0.1) is 0 Å². The van der Waals surface area contributed by atoms with E-state index >= 15 is 0 Å². The van der Waals surface area contributed by atoms with E-state index in [1.807, 2.05) is 20.0 Å². The van der Waals surface area contributed by atoms with Gasteiger partial charge in [-0.1, -0.05) is 12.1 Å². The molecular formula is C15H21N3O2S. The average Bonchev–Trinajstić information content (AvgIpc) is 2.60. The normalized spacial score (nSPS) is 21.7. The number of nitriles is 1. The summed E-state index contributed by atoms with van der Waals surface area (Å²) in [4.78, 5) is 2.17. The fourth-order valence-corrected chi connectivity index (χ4v) is 4.53. The van der Waals surface area contributed by atoms with Crippen molar-refractivity contribution < 1.29 is 8.42 Å². The second-order valence-corrected chi connectivity index (χ2v) is 7.56. The molecule has 1 unspecified atom stereocenters. The molecule has 114 valence electrons. The summed E-state index contributed by atoms with van der Waals surface area (Å²) in [5, 5.41) is 8.77. The van der Waals surface area contributed by atoms with E-state index in [1.165, 1.54) is 0 Å². The molecule has 6 heteroatoms. The van der Waals surface area contributed by atoms with E-state index < -0.39 is 10.0 Å². The van der Waals surface area contributed by atoms with Crippen LogP contribution in [0.4, 0.5) is 0 Å². The predicted molar refractivity (Wildman–Crippen MR) is 82.1 cm³/mol. The number of nitrogens with zero attached hydrogens (tertiary/aromatic N) is 3. The lowest BCUT2D eigenvalue weighted by Crippen LogP contribution is -2.42. The number of likely N-dealkylation sites (N-methyl/N-ethyl adjacent to an activating group) is 1. The van der Waals surface area contributed by atoms with Gasteiger partial charge in [0.2, 0.25) is 10.0 Å². The van der Waals surface area contributed by atoms with Crippen LogP contribution in [0.25, 0.3) is 0 Å². The van der Waals surface area contributed by atoms with Crippen molar-refractivity contribution in [1.29, 1.82) is 5.26 Å². The summed E-state index contributed by atoms with van der Waals surface area (Å²) in [6.07, 6.45) is 0.855. The molecular weight excluding hydrogens is 286 g/mol. The summed E-state index contributed by atoms with van der Waals surface area (Å²) in [6, 6.07) is 8.76. The number of rotatable bonds is 3. The monoisotopic (exact) mass is 307 g/mol. The standard InChI is InChI=1S/C15H21N3O2S/c1-13-11-17(2)8-3-9-18(13)21(19,20)12-15-6-4-14(10-16)5-7-15/h4-7,13H,3,8-9,11-12H2,1-2H3. The largest absolute Gasteiger partial charge is 0.305 e. The van der Waals surface area contributed by atoms with Crippen LogP contribution in [-0.2, 0) is 15.8 Å². The maximum Gasteiger partial charge on any atom is 0.218 e. The van der Waals surface area contributed by atoms with E-state index in [0.29, 0.717) is 12.1 Å². The van der Waals surface area contributed by atoms with Gasteiger partial charge in [0.1, 0.15) is 0 Å². The minimum atomic E-state index is -3.33. The lowest BCUT2D eigenvalue weighted by molar-refractivity contribution is 0.290. The first-order chi connectivity index (χ1) is 9.92. The van der Waals surface area contributed by atoms with Crippen molar-refractivity contribution in [2.24, 2.45) is 0 Å². The molecule has 1 aromatic carbocycles. The molecule has 0 N–H and O–H groups in total. The molecule has 1 aromatic rings. The van der Waals surface area contributed by atoms with E-state index in [2.05, 4.69) is 4.90 Å². The van der Waals surface area contributed by atoms with Crippen LogP contribution in [0.3, 0.4) is 0 Å². The van der Waals surface area contributed by atoms with Crippen LogP contribution in [0, 0.1) is 11.3 Å². The Kier molecular flexibility index (Phi) is 4.99. The summed E-state index contributed by atoms with van der Waals surface area (Å²) in [5.41, 5.74) is 1.26. The summed E-state index contributed by atoms with van der Waals surface area (Å²) in [6.45, 7) is 4.21. The molecule has 1 atom stereocenters. The lowest BCUT2D eigenvalue weighted by Gasteiger charge is -2.27. The topological polar surface area (TPSA) is 64.4 Å². The van der Waals surface area contributed by atoms with Crippen molar-refractivity contribution in [3.8, 4) is 6.07 Å². The smallest absolute Gasteiger partial charge is 0.218 e. The van der Waals surface area contributed by atoms with Gasteiger partial charge in [-0.2, -0.15) is 9.57 Å². The molecule has 1 heterocycles. The number of hydrogen-bond acceptors (Lipinski definition) is 4. The predicted octanol–water partition coefficient (Wildman–Crippen LogP) is 1.41. The van der Waals surface area contributed by atoms with Gasteiger partial charge in [0.15, 0.2) is 0 Å². The molecule has 1 saturated heterocycles. The highest BCUT2D eigenvalue weighted by Crippen LogP contribution is 2.18. The highest BCUT2D eigenvalue weighted by atomic mass is 32.2. The number of hydrogen-bond donors (Lipinski definition) is 0. The van der Waals surface area contributed by atoms with Gasteiger partial charge in [0, 0.05) is 19.1 Å². The van der Waals surface area contributed by atoms with Gasteiger partial charge in [0.05, 0.1) is 17.4 Å². The Balaban J connectivity index is 2.15. The first-order valence-corrected chi connectivity index (χ1v) is 8.70. The van der Waals surface area contributed by atoms with Crippen LogP contribution in [0.1, 0.15) is 24.5 Å². The van der Waals surface area contributed by atoms with Crippen LogP contribution in [-0.4, -0.2) is 50.3 Å². The molecule has 0 aliphatic carbocycles. The van der Waals surface area contributed by atoms with Gasteiger partial charge < -0.3 is 4.90 Å². The summed E-state index contributed by atoms with van der Waals surface area (Å²) < 4.78 is 26.9. The van der Waals surface area contributed by atoms with Gasteiger partial charge in [-0.3, -0.25) is 0 Å². The Morgan fingerprint density at radius 1 is 1.29 bits per heavy atom. The number of sulfonamides is 1. The van der Waals surface area contributed by atoms with E-state index in [4.69, 9.17) is 5.26 Å². The molecule has 1 fully saturated rings. The minimum absolute atomic E-state index is 0.00718. The molecule has 0 aromatic heterocycles. The van der Waals surface area contributed by atoms with Crippen LogP contribution < -0.4 is 0 Å². The quantitative estimate of drug-likeness (QED) is 0.847. The van der Waals surface area contributed by atoms with Crippen molar-refractivity contribution in [1.82, 2.24) is 9.21 Å². The Hall–Kier alpha value is -1.42. The first kappa shape index (κ1) is 16.0. The molecule has 21 heavy (non-hydrogen) atoms. The first-order valence-electron chi connectivity index (χ1n) is 7.09. The SMILES string of the molecule is CC1CN(C)CCCN1S(=O)(=O)Cc1ccc(C#N)cc1. The van der Waals surface area contributed by atoms with Gasteiger partial charge in [0.25, 0.3) is 0 Å². The van der Waals surface area contributed by atoms with Crippen LogP contribution >= 0.6 is 0 Å². The molecule has 0 radical (unpaired) electrons. The van der Waals surface area contributed by atoms with E-state index in [-0.39, 0.29) is 11.8 Å². The molecule has 2 rings (SSSR count). The summed E-state index contributed by atoms with van der Waals surface area (Å²) in [7, 11) is -1.31. The maximum absolute atomic E-state index is 12.6. The summed E-state index contributed by atoms with van der Waals surface area (Å²) >= 11 is 0. The zero-order valence-corrected chi connectivity index (χ0v) is 13.3. The second-order valence-electron chi connectivity index (χ2n) is 5.64. The molecule has 5 nitrogen and oxygen atoms in total. The Morgan fingerprint density at radius 2 is 1.95 bits per heavy atom. The van der Waals surface area contributed by atoms with E-state index in [1.54, 1.807) is 28.6 Å². The van der Waals surface area contributed by atoms with Crippen LogP contribution in [0.15, 0.2) is 24.3 Å². The van der Waals surface area contributed by atoms with Crippen molar-refractivity contribution in [3.05, 3.63) is 35.4 Å². The van der Waals surface area contributed by atoms with Crippen LogP contribution in [0.2, 0.25) is 0 Å². The van der Waals surface area contributed by atoms with E-state index in [9.17, 15) is 8.42 Å². The summed E-state index contributed by atoms with van der Waals surface area (Å²) in [5.74, 6) is -0.00718. The van der Waals surface area contributed by atoms with E-state index in [0.717, 1.165) is 25.1 Å². The highest BCUT2D eigenvalue weighted by molar-refractivity contribution is 7.88.